The Morgan fingerprint density at radius 3 is 2.29 bits per heavy atom. The van der Waals surface area contributed by atoms with E-state index in [1.807, 2.05) is 29.2 Å². The zero-order chi connectivity index (χ0) is 20.1. The van der Waals surface area contributed by atoms with Gasteiger partial charge in [-0.1, -0.05) is 12.1 Å². The number of likely N-dealkylation sites (tertiary alicyclic amines) is 2. The van der Waals surface area contributed by atoms with E-state index in [1.54, 1.807) is 23.9 Å². The molecular formula is C21H30N4O3. The molecule has 0 aliphatic carbocycles. The molecule has 4 amide bonds. The van der Waals surface area contributed by atoms with Gasteiger partial charge in [0.05, 0.1) is 12.3 Å². The van der Waals surface area contributed by atoms with Gasteiger partial charge in [0.15, 0.2) is 0 Å². The molecule has 1 N–H and O–H groups in total. The molecule has 2 saturated heterocycles. The topological polar surface area (TPSA) is 73.0 Å². The lowest BCUT2D eigenvalue weighted by molar-refractivity contribution is -0.129. The molecule has 1 atom stereocenters. The van der Waals surface area contributed by atoms with E-state index < -0.39 is 0 Å². The molecule has 7 nitrogen and oxygen atoms in total. The summed E-state index contributed by atoms with van der Waals surface area (Å²) < 4.78 is 0. The zero-order valence-corrected chi connectivity index (χ0v) is 16.8. The van der Waals surface area contributed by atoms with Crippen LogP contribution in [-0.4, -0.2) is 72.8 Å². The number of nitrogens with one attached hydrogen (secondary N) is 1. The normalized spacial score (nSPS) is 19.4. The first kappa shape index (κ1) is 20.2. The molecule has 28 heavy (non-hydrogen) atoms. The molecule has 1 aromatic rings. The lowest BCUT2D eigenvalue weighted by Crippen LogP contribution is -2.47. The molecular weight excluding hydrogens is 356 g/mol. The van der Waals surface area contributed by atoms with Gasteiger partial charge in [-0.3, -0.25) is 9.59 Å². The van der Waals surface area contributed by atoms with Gasteiger partial charge in [0.2, 0.25) is 11.8 Å². The van der Waals surface area contributed by atoms with Crippen molar-refractivity contribution >= 4 is 23.5 Å². The lowest BCUT2D eigenvalue weighted by Gasteiger charge is -2.33. The molecule has 0 radical (unpaired) electrons. The van der Waals surface area contributed by atoms with Gasteiger partial charge in [-0.25, -0.2) is 4.79 Å². The molecule has 152 valence electrons. The lowest BCUT2D eigenvalue weighted by atomic mass is 9.97. The standard InChI is InChI=1S/C21H30N4O3/c1-23(2)21(28)25-13-5-6-17(15-25)20(27)22-18-9-7-16(8-10-18)14-19(26)24-11-3-4-12-24/h7-10,17H,3-6,11-15H2,1-2H3,(H,22,27)/t17-/m1/s1. The quantitative estimate of drug-likeness (QED) is 0.862. The number of piperidine rings is 1. The largest absolute Gasteiger partial charge is 0.342 e. The van der Waals surface area contributed by atoms with E-state index >= 15 is 0 Å². The van der Waals surface area contributed by atoms with Crippen molar-refractivity contribution in [1.29, 1.82) is 0 Å². The summed E-state index contributed by atoms with van der Waals surface area (Å²) in [6, 6.07) is 7.43. The second-order valence-electron chi connectivity index (χ2n) is 7.91. The van der Waals surface area contributed by atoms with E-state index in [2.05, 4.69) is 5.32 Å². The Labute approximate surface area is 166 Å². The molecule has 3 rings (SSSR count). The Morgan fingerprint density at radius 1 is 1.00 bits per heavy atom. The third-order valence-corrected chi connectivity index (χ3v) is 5.48. The minimum atomic E-state index is -0.200. The smallest absolute Gasteiger partial charge is 0.319 e. The van der Waals surface area contributed by atoms with Crippen LogP contribution < -0.4 is 5.32 Å². The number of amides is 4. The third kappa shape index (κ3) is 5.03. The fraction of sp³-hybridized carbons (Fsp3) is 0.571. The van der Waals surface area contributed by atoms with Crippen LogP contribution in [0.25, 0.3) is 0 Å². The molecule has 2 aliphatic heterocycles. The average molecular weight is 386 g/mol. The van der Waals surface area contributed by atoms with Crippen LogP contribution in [0.4, 0.5) is 10.5 Å². The Morgan fingerprint density at radius 2 is 1.64 bits per heavy atom. The van der Waals surface area contributed by atoms with Gasteiger partial charge in [0.25, 0.3) is 0 Å². The SMILES string of the molecule is CN(C)C(=O)N1CCC[C@@H](C(=O)Nc2ccc(CC(=O)N3CCCC3)cc2)C1. The van der Waals surface area contributed by atoms with Crippen LogP contribution in [0.3, 0.4) is 0 Å². The van der Waals surface area contributed by atoms with Crippen LogP contribution in [0.2, 0.25) is 0 Å². The van der Waals surface area contributed by atoms with Crippen molar-refractivity contribution in [3.63, 3.8) is 0 Å². The number of carbonyl (C=O) groups excluding carboxylic acids is 3. The fourth-order valence-electron chi connectivity index (χ4n) is 3.85. The summed E-state index contributed by atoms with van der Waals surface area (Å²) in [6.07, 6.45) is 4.20. The van der Waals surface area contributed by atoms with E-state index in [4.69, 9.17) is 0 Å². The Hall–Kier alpha value is -2.57. The molecule has 1 aromatic carbocycles. The number of anilines is 1. The van der Waals surface area contributed by atoms with Crippen molar-refractivity contribution in [2.45, 2.75) is 32.1 Å². The number of carbonyl (C=O) groups is 3. The highest BCUT2D eigenvalue weighted by Crippen LogP contribution is 2.20. The number of benzene rings is 1. The molecule has 0 bridgehead atoms. The molecule has 2 fully saturated rings. The van der Waals surface area contributed by atoms with Crippen molar-refractivity contribution < 1.29 is 14.4 Å². The monoisotopic (exact) mass is 386 g/mol. The Balaban J connectivity index is 1.52. The molecule has 0 spiro atoms. The van der Waals surface area contributed by atoms with Gasteiger partial charge >= 0.3 is 6.03 Å². The predicted octanol–water partition coefficient (Wildman–Crippen LogP) is 2.18. The van der Waals surface area contributed by atoms with Gasteiger partial charge in [-0.2, -0.15) is 0 Å². The van der Waals surface area contributed by atoms with Crippen LogP contribution in [0, 0.1) is 5.92 Å². The highest BCUT2D eigenvalue weighted by atomic mass is 16.2. The number of hydrogen-bond donors (Lipinski definition) is 1. The van der Waals surface area contributed by atoms with Crippen LogP contribution in [0.5, 0.6) is 0 Å². The molecule has 0 aromatic heterocycles. The molecule has 2 heterocycles. The van der Waals surface area contributed by atoms with Crippen molar-refractivity contribution in [1.82, 2.24) is 14.7 Å². The first-order chi connectivity index (χ1) is 13.4. The Kier molecular flexibility index (Phi) is 6.54. The molecule has 0 saturated carbocycles. The van der Waals surface area contributed by atoms with Crippen molar-refractivity contribution in [2.24, 2.45) is 5.92 Å². The Bertz CT molecular complexity index is 711. The van der Waals surface area contributed by atoms with Gasteiger partial charge in [-0.05, 0) is 43.4 Å². The minimum Gasteiger partial charge on any atom is -0.342 e. The van der Waals surface area contributed by atoms with Gasteiger partial charge in [0.1, 0.15) is 0 Å². The number of urea groups is 1. The first-order valence-corrected chi connectivity index (χ1v) is 10.1. The summed E-state index contributed by atoms with van der Waals surface area (Å²) in [5, 5.41) is 2.95. The third-order valence-electron chi connectivity index (χ3n) is 5.48. The van der Waals surface area contributed by atoms with E-state index in [-0.39, 0.29) is 23.8 Å². The molecule has 0 unspecified atom stereocenters. The van der Waals surface area contributed by atoms with E-state index in [0.29, 0.717) is 19.5 Å². The second kappa shape index (κ2) is 9.08. The minimum absolute atomic E-state index is 0.0514. The summed E-state index contributed by atoms with van der Waals surface area (Å²) >= 11 is 0. The van der Waals surface area contributed by atoms with Crippen LogP contribution in [0.15, 0.2) is 24.3 Å². The number of hydrogen-bond acceptors (Lipinski definition) is 3. The van der Waals surface area contributed by atoms with Crippen LogP contribution in [0.1, 0.15) is 31.2 Å². The van der Waals surface area contributed by atoms with Crippen molar-refractivity contribution in [3.8, 4) is 0 Å². The van der Waals surface area contributed by atoms with Crippen molar-refractivity contribution in [3.05, 3.63) is 29.8 Å². The second-order valence-corrected chi connectivity index (χ2v) is 7.91. The average Bonchev–Trinajstić information content (AvgIpc) is 3.24. The first-order valence-electron chi connectivity index (χ1n) is 10.1. The number of rotatable bonds is 4. The highest BCUT2D eigenvalue weighted by molar-refractivity contribution is 5.93. The van der Waals surface area contributed by atoms with Gasteiger partial charge in [0, 0.05) is 46.0 Å². The summed E-state index contributed by atoms with van der Waals surface area (Å²) in [6.45, 7) is 2.87. The number of nitrogens with zero attached hydrogens (tertiary/aromatic N) is 3. The van der Waals surface area contributed by atoms with E-state index in [0.717, 1.165) is 50.0 Å². The van der Waals surface area contributed by atoms with Crippen molar-refractivity contribution in [2.75, 3.05) is 45.6 Å². The van der Waals surface area contributed by atoms with E-state index in [1.165, 1.54) is 0 Å². The summed E-state index contributed by atoms with van der Waals surface area (Å²) in [4.78, 5) is 42.2. The maximum Gasteiger partial charge on any atom is 0.319 e. The van der Waals surface area contributed by atoms with Gasteiger partial charge in [-0.15, -0.1) is 0 Å². The molecule has 2 aliphatic rings. The maximum atomic E-state index is 12.6. The zero-order valence-electron chi connectivity index (χ0n) is 16.8. The fourth-order valence-corrected chi connectivity index (χ4v) is 3.85. The maximum absolute atomic E-state index is 12.6. The summed E-state index contributed by atoms with van der Waals surface area (Å²) in [5.41, 5.74) is 1.67. The van der Waals surface area contributed by atoms with Crippen LogP contribution >= 0.6 is 0 Å². The van der Waals surface area contributed by atoms with Gasteiger partial charge < -0.3 is 20.0 Å². The summed E-state index contributed by atoms with van der Waals surface area (Å²) in [7, 11) is 3.45. The summed E-state index contributed by atoms with van der Waals surface area (Å²) in [5.74, 6) is -0.0895. The van der Waals surface area contributed by atoms with Crippen LogP contribution in [-0.2, 0) is 16.0 Å². The molecule has 7 heteroatoms. The highest BCUT2D eigenvalue weighted by Gasteiger charge is 2.29. The predicted molar refractivity (Wildman–Crippen MR) is 108 cm³/mol. The van der Waals surface area contributed by atoms with E-state index in [9.17, 15) is 14.4 Å².